The molecule has 26 heavy (non-hydrogen) atoms. The highest BCUT2D eigenvalue weighted by Crippen LogP contribution is 2.19. The quantitative estimate of drug-likeness (QED) is 0.319. The van der Waals surface area contributed by atoms with E-state index < -0.39 is 5.60 Å². The average molecular weight is 476 g/mol. The molecular formula is C17H29IN6O2. The van der Waals surface area contributed by atoms with E-state index in [0.29, 0.717) is 12.5 Å². The van der Waals surface area contributed by atoms with Crippen LogP contribution in [0.5, 0.6) is 0 Å². The van der Waals surface area contributed by atoms with Crippen molar-refractivity contribution >= 4 is 29.9 Å². The number of hydrogen-bond donors (Lipinski definition) is 3. The summed E-state index contributed by atoms with van der Waals surface area (Å²) in [6.07, 6.45) is 4.26. The van der Waals surface area contributed by atoms with E-state index in [1.807, 2.05) is 27.8 Å². The molecule has 9 heteroatoms. The molecule has 8 nitrogen and oxygen atoms in total. The molecular weight excluding hydrogens is 447 g/mol. The lowest BCUT2D eigenvalue weighted by Gasteiger charge is -2.20. The van der Waals surface area contributed by atoms with Crippen molar-refractivity contribution < 1.29 is 9.63 Å². The maximum absolute atomic E-state index is 10.6. The smallest absolute Gasteiger partial charge is 0.191 e. The summed E-state index contributed by atoms with van der Waals surface area (Å²) >= 11 is 0. The Morgan fingerprint density at radius 3 is 2.65 bits per heavy atom. The van der Waals surface area contributed by atoms with Crippen LogP contribution >= 0.6 is 24.0 Å². The minimum atomic E-state index is -1.07. The number of aromatic nitrogens is 3. The second-order valence-electron chi connectivity index (χ2n) is 6.35. The van der Waals surface area contributed by atoms with E-state index in [1.54, 1.807) is 24.0 Å². The second-order valence-corrected chi connectivity index (χ2v) is 6.35. The number of nitrogens with one attached hydrogen (secondary N) is 2. The number of nitrogens with zero attached hydrogens (tertiary/aromatic N) is 4. The molecule has 2 heterocycles. The molecule has 0 saturated carbocycles. The van der Waals surface area contributed by atoms with E-state index in [0.717, 1.165) is 35.5 Å². The Labute approximate surface area is 171 Å². The first-order valence-corrected chi connectivity index (χ1v) is 8.49. The number of aliphatic hydroxyl groups is 1. The fraction of sp³-hybridized carbons (Fsp3) is 0.588. The Hall–Kier alpha value is -1.62. The Morgan fingerprint density at radius 1 is 1.38 bits per heavy atom. The Bertz CT molecular complexity index is 703. The average Bonchev–Trinajstić information content (AvgIpc) is 3.13. The van der Waals surface area contributed by atoms with Gasteiger partial charge < -0.3 is 20.3 Å². The zero-order chi connectivity index (χ0) is 18.4. The highest BCUT2D eigenvalue weighted by Gasteiger charge is 2.24. The summed E-state index contributed by atoms with van der Waals surface area (Å²) in [5.41, 5.74) is 1.70. The van der Waals surface area contributed by atoms with E-state index >= 15 is 0 Å². The van der Waals surface area contributed by atoms with Crippen LogP contribution in [0.25, 0.3) is 0 Å². The van der Waals surface area contributed by atoms with Gasteiger partial charge in [0.15, 0.2) is 5.96 Å². The van der Waals surface area contributed by atoms with E-state index in [2.05, 4.69) is 25.9 Å². The van der Waals surface area contributed by atoms with Gasteiger partial charge >= 0.3 is 0 Å². The lowest BCUT2D eigenvalue weighted by Crippen LogP contribution is -2.39. The largest absolute Gasteiger partial charge is 0.383 e. The molecule has 0 fully saturated rings. The molecule has 0 bridgehead atoms. The third kappa shape index (κ3) is 5.97. The zero-order valence-electron chi connectivity index (χ0n) is 16.0. The molecule has 146 valence electrons. The minimum absolute atomic E-state index is 0. The van der Waals surface area contributed by atoms with Crippen LogP contribution in [0.2, 0.25) is 0 Å². The lowest BCUT2D eigenvalue weighted by molar-refractivity contribution is 0.0672. The zero-order valence-corrected chi connectivity index (χ0v) is 18.4. The number of aliphatic imine (C=N–C) groups is 1. The third-order valence-electron chi connectivity index (χ3n) is 4.06. The molecule has 0 radical (unpaired) electrons. The molecule has 0 aliphatic carbocycles. The number of aryl methyl sites for hydroxylation is 3. The van der Waals surface area contributed by atoms with Gasteiger partial charge in [-0.15, -0.1) is 24.0 Å². The van der Waals surface area contributed by atoms with Gasteiger partial charge in [0.2, 0.25) is 0 Å². The summed E-state index contributed by atoms with van der Waals surface area (Å²) in [4.78, 5) is 4.50. The van der Waals surface area contributed by atoms with Crippen LogP contribution in [-0.2, 0) is 19.1 Å². The third-order valence-corrected chi connectivity index (χ3v) is 4.06. The molecule has 1 unspecified atom stereocenters. The SMILES string of the molecule is CCNC(=NCC(C)(O)c1cnn(C)c1)NCCc1c(C)noc1C.I. The van der Waals surface area contributed by atoms with E-state index in [9.17, 15) is 5.11 Å². The highest BCUT2D eigenvalue weighted by molar-refractivity contribution is 14.0. The van der Waals surface area contributed by atoms with E-state index in [1.165, 1.54) is 0 Å². The van der Waals surface area contributed by atoms with Crippen LogP contribution in [0.15, 0.2) is 21.9 Å². The minimum Gasteiger partial charge on any atom is -0.383 e. The van der Waals surface area contributed by atoms with Crippen LogP contribution in [-0.4, -0.2) is 45.6 Å². The van der Waals surface area contributed by atoms with Gasteiger partial charge in [0.25, 0.3) is 0 Å². The number of hydrogen-bond acceptors (Lipinski definition) is 5. The molecule has 2 aromatic heterocycles. The maximum atomic E-state index is 10.6. The van der Waals surface area contributed by atoms with Gasteiger partial charge in [0.1, 0.15) is 11.4 Å². The summed E-state index contributed by atoms with van der Waals surface area (Å²) in [5, 5.41) is 25.2. The first-order valence-electron chi connectivity index (χ1n) is 8.49. The number of halogens is 1. The first kappa shape index (κ1) is 22.4. The number of guanidine groups is 1. The lowest BCUT2D eigenvalue weighted by atomic mass is 10.0. The second kappa shape index (κ2) is 9.91. The number of rotatable bonds is 7. The van der Waals surface area contributed by atoms with Crippen molar-refractivity contribution in [3.63, 3.8) is 0 Å². The van der Waals surface area contributed by atoms with Crippen LogP contribution in [0.4, 0.5) is 0 Å². The predicted molar refractivity (Wildman–Crippen MR) is 112 cm³/mol. The summed E-state index contributed by atoms with van der Waals surface area (Å²) in [6.45, 7) is 9.27. The normalized spacial score (nSPS) is 13.8. The van der Waals surface area contributed by atoms with Gasteiger partial charge in [-0.25, -0.2) is 4.99 Å². The molecule has 2 rings (SSSR count). The molecule has 0 aromatic carbocycles. The van der Waals surface area contributed by atoms with Crippen LogP contribution in [0.3, 0.4) is 0 Å². The fourth-order valence-corrected chi connectivity index (χ4v) is 2.53. The Kier molecular flexibility index (Phi) is 8.54. The van der Waals surface area contributed by atoms with Crippen molar-refractivity contribution in [2.24, 2.45) is 12.0 Å². The molecule has 0 saturated heterocycles. The monoisotopic (exact) mass is 476 g/mol. The topological polar surface area (TPSA) is 100 Å². The first-order chi connectivity index (χ1) is 11.8. The van der Waals surface area contributed by atoms with Crippen molar-refractivity contribution in [3.8, 4) is 0 Å². The summed E-state index contributed by atoms with van der Waals surface area (Å²) in [6, 6.07) is 0. The van der Waals surface area contributed by atoms with Gasteiger partial charge in [-0.2, -0.15) is 5.10 Å². The van der Waals surface area contributed by atoms with Gasteiger partial charge in [-0.3, -0.25) is 4.68 Å². The van der Waals surface area contributed by atoms with Gasteiger partial charge in [-0.05, 0) is 34.1 Å². The van der Waals surface area contributed by atoms with Crippen LogP contribution in [0, 0.1) is 13.8 Å². The van der Waals surface area contributed by atoms with Crippen molar-refractivity contribution in [3.05, 3.63) is 35.0 Å². The molecule has 0 aliphatic rings. The molecule has 0 amide bonds. The van der Waals surface area contributed by atoms with Crippen LogP contribution < -0.4 is 10.6 Å². The summed E-state index contributed by atoms with van der Waals surface area (Å²) in [7, 11) is 1.82. The van der Waals surface area contributed by atoms with Gasteiger partial charge in [-0.1, -0.05) is 5.16 Å². The Morgan fingerprint density at radius 2 is 2.12 bits per heavy atom. The Balaban J connectivity index is 0.00000338. The summed E-state index contributed by atoms with van der Waals surface area (Å²) in [5.74, 6) is 1.51. The molecule has 0 spiro atoms. The van der Waals surface area contributed by atoms with Crippen molar-refractivity contribution in [1.82, 2.24) is 25.6 Å². The molecule has 0 aliphatic heterocycles. The summed E-state index contributed by atoms with van der Waals surface area (Å²) < 4.78 is 6.85. The fourth-order valence-electron chi connectivity index (χ4n) is 2.53. The molecule has 1 atom stereocenters. The standard InChI is InChI=1S/C17H28N6O2.HI/c1-6-18-16(19-8-7-15-12(2)22-25-13(15)3)20-11-17(4,24)14-9-21-23(5)10-14;/h9-10,24H,6-8,11H2,1-5H3,(H2,18,19,20);1H. The predicted octanol–water partition coefficient (Wildman–Crippen LogP) is 1.65. The van der Waals surface area contributed by atoms with E-state index in [-0.39, 0.29) is 30.5 Å². The van der Waals surface area contributed by atoms with Crippen LogP contribution in [0.1, 0.15) is 36.4 Å². The van der Waals surface area contributed by atoms with E-state index in [4.69, 9.17) is 4.52 Å². The molecule has 2 aromatic rings. The maximum Gasteiger partial charge on any atom is 0.191 e. The molecule has 3 N–H and O–H groups in total. The van der Waals surface area contributed by atoms with Crippen molar-refractivity contribution in [2.45, 2.75) is 39.7 Å². The van der Waals surface area contributed by atoms with Crippen molar-refractivity contribution in [1.29, 1.82) is 0 Å². The highest BCUT2D eigenvalue weighted by atomic mass is 127. The van der Waals surface area contributed by atoms with Gasteiger partial charge in [0, 0.05) is 37.5 Å². The van der Waals surface area contributed by atoms with Gasteiger partial charge in [0.05, 0.1) is 18.4 Å². The van der Waals surface area contributed by atoms with Crippen molar-refractivity contribution in [2.75, 3.05) is 19.6 Å².